The smallest absolute Gasteiger partial charge is 0.181 e. The molecule has 0 atom stereocenters. The number of carbonyl (C=O) groups is 1. The lowest BCUT2D eigenvalue weighted by atomic mass is 10.0. The number of rotatable bonds is 3. The lowest BCUT2D eigenvalue weighted by molar-refractivity contribution is 0.101. The number of hydrogen-bond donors (Lipinski definition) is 0. The van der Waals surface area contributed by atoms with Crippen LogP contribution in [0.3, 0.4) is 0 Å². The molecule has 4 nitrogen and oxygen atoms in total. The third kappa shape index (κ3) is 2.41. The van der Waals surface area contributed by atoms with Crippen LogP contribution in [0, 0.1) is 0 Å². The first-order valence-electron chi connectivity index (χ1n) is 5.61. The van der Waals surface area contributed by atoms with Crippen molar-refractivity contribution in [2.45, 2.75) is 26.7 Å². The SMILES string of the molecule is CC(=O)c1cn(-c2cccc(C(C)C)c2)nn1. The maximum Gasteiger partial charge on any atom is 0.181 e. The van der Waals surface area contributed by atoms with Crippen LogP contribution >= 0.6 is 0 Å². The van der Waals surface area contributed by atoms with Gasteiger partial charge in [-0.25, -0.2) is 4.68 Å². The zero-order valence-corrected chi connectivity index (χ0v) is 10.2. The minimum atomic E-state index is -0.0729. The van der Waals surface area contributed by atoms with Crippen molar-refractivity contribution in [2.24, 2.45) is 0 Å². The lowest BCUT2D eigenvalue weighted by Gasteiger charge is -2.07. The quantitative estimate of drug-likeness (QED) is 0.760. The Balaban J connectivity index is 2.38. The van der Waals surface area contributed by atoms with Crippen LogP contribution in [0.15, 0.2) is 30.5 Å². The monoisotopic (exact) mass is 229 g/mol. The van der Waals surface area contributed by atoms with Gasteiger partial charge in [0.05, 0.1) is 11.9 Å². The summed E-state index contributed by atoms with van der Waals surface area (Å²) in [4.78, 5) is 11.1. The normalized spacial score (nSPS) is 10.8. The maximum atomic E-state index is 11.1. The third-order valence-electron chi connectivity index (χ3n) is 2.66. The molecule has 0 N–H and O–H groups in total. The van der Waals surface area contributed by atoms with Crippen LogP contribution < -0.4 is 0 Å². The van der Waals surface area contributed by atoms with Crippen molar-refractivity contribution in [3.05, 3.63) is 41.7 Å². The highest BCUT2D eigenvalue weighted by Gasteiger charge is 2.07. The summed E-state index contributed by atoms with van der Waals surface area (Å²) in [7, 11) is 0. The number of ketones is 1. The predicted octanol–water partition coefficient (Wildman–Crippen LogP) is 2.59. The molecule has 1 aromatic heterocycles. The van der Waals surface area contributed by atoms with Crippen molar-refractivity contribution in [3.63, 3.8) is 0 Å². The first kappa shape index (κ1) is 11.5. The van der Waals surface area contributed by atoms with E-state index < -0.39 is 0 Å². The molecule has 0 unspecified atom stereocenters. The number of hydrogen-bond acceptors (Lipinski definition) is 3. The molecule has 88 valence electrons. The van der Waals surface area contributed by atoms with Crippen molar-refractivity contribution >= 4 is 5.78 Å². The fraction of sp³-hybridized carbons (Fsp3) is 0.308. The van der Waals surface area contributed by atoms with Crippen molar-refractivity contribution in [1.29, 1.82) is 0 Å². The number of carbonyl (C=O) groups excluding carboxylic acids is 1. The van der Waals surface area contributed by atoms with Gasteiger partial charge in [0.2, 0.25) is 0 Å². The van der Waals surface area contributed by atoms with E-state index in [9.17, 15) is 4.79 Å². The first-order valence-corrected chi connectivity index (χ1v) is 5.61. The number of aromatic nitrogens is 3. The van der Waals surface area contributed by atoms with Crippen LogP contribution in [0.25, 0.3) is 5.69 Å². The largest absolute Gasteiger partial charge is 0.293 e. The third-order valence-corrected chi connectivity index (χ3v) is 2.66. The topological polar surface area (TPSA) is 47.8 Å². The van der Waals surface area contributed by atoms with E-state index in [4.69, 9.17) is 0 Å². The summed E-state index contributed by atoms with van der Waals surface area (Å²) in [6.07, 6.45) is 1.65. The standard InChI is InChI=1S/C13H15N3O/c1-9(2)11-5-4-6-12(7-11)16-8-13(10(3)17)14-15-16/h4-9H,1-3H3. The Morgan fingerprint density at radius 1 is 1.35 bits per heavy atom. The summed E-state index contributed by atoms with van der Waals surface area (Å²) in [5.74, 6) is 0.391. The number of Topliss-reactive ketones (excluding diaryl/α,β-unsaturated/α-hetero) is 1. The molecular formula is C13H15N3O. The molecule has 0 saturated heterocycles. The summed E-state index contributed by atoms with van der Waals surface area (Å²) >= 11 is 0. The average Bonchev–Trinajstić information content (AvgIpc) is 2.78. The van der Waals surface area contributed by atoms with Crippen LogP contribution in [0.5, 0.6) is 0 Å². The van der Waals surface area contributed by atoms with Crippen molar-refractivity contribution in [2.75, 3.05) is 0 Å². The zero-order valence-electron chi connectivity index (χ0n) is 10.2. The Bertz CT molecular complexity index is 543. The Morgan fingerprint density at radius 3 is 2.71 bits per heavy atom. The average molecular weight is 229 g/mol. The Labute approximate surface area is 100 Å². The zero-order chi connectivity index (χ0) is 12.4. The first-order chi connectivity index (χ1) is 8.08. The lowest BCUT2D eigenvalue weighted by Crippen LogP contribution is -1.97. The highest BCUT2D eigenvalue weighted by molar-refractivity contribution is 5.91. The molecule has 0 bridgehead atoms. The van der Waals surface area contributed by atoms with E-state index in [1.807, 2.05) is 12.1 Å². The second kappa shape index (κ2) is 4.49. The molecule has 2 rings (SSSR count). The fourth-order valence-corrected chi connectivity index (χ4v) is 1.58. The molecule has 0 aliphatic heterocycles. The van der Waals surface area contributed by atoms with E-state index in [1.54, 1.807) is 10.9 Å². The molecule has 17 heavy (non-hydrogen) atoms. The van der Waals surface area contributed by atoms with Gasteiger partial charge in [0.25, 0.3) is 0 Å². The fourth-order valence-electron chi connectivity index (χ4n) is 1.58. The minimum Gasteiger partial charge on any atom is -0.293 e. The summed E-state index contributed by atoms with van der Waals surface area (Å²) in [6, 6.07) is 8.07. The Morgan fingerprint density at radius 2 is 2.12 bits per heavy atom. The molecule has 0 aliphatic carbocycles. The van der Waals surface area contributed by atoms with Gasteiger partial charge in [-0.3, -0.25) is 4.79 Å². The summed E-state index contributed by atoms with van der Waals surface area (Å²) in [5.41, 5.74) is 2.55. The maximum absolute atomic E-state index is 11.1. The van der Waals surface area contributed by atoms with Gasteiger partial charge in [0, 0.05) is 6.92 Å². The molecule has 0 radical (unpaired) electrons. The summed E-state index contributed by atoms with van der Waals surface area (Å²) in [5, 5.41) is 7.78. The van der Waals surface area contributed by atoms with E-state index in [-0.39, 0.29) is 5.78 Å². The Kier molecular flexibility index (Phi) is 3.04. The van der Waals surface area contributed by atoms with E-state index in [2.05, 4.69) is 36.3 Å². The van der Waals surface area contributed by atoms with Gasteiger partial charge in [0.1, 0.15) is 5.69 Å². The van der Waals surface area contributed by atoms with Crippen LogP contribution in [0.4, 0.5) is 0 Å². The molecule has 1 aromatic carbocycles. The van der Waals surface area contributed by atoms with Crippen LogP contribution in [-0.4, -0.2) is 20.8 Å². The van der Waals surface area contributed by atoms with E-state index in [0.29, 0.717) is 11.6 Å². The number of nitrogens with zero attached hydrogens (tertiary/aromatic N) is 3. The second-order valence-electron chi connectivity index (χ2n) is 4.35. The van der Waals surface area contributed by atoms with E-state index >= 15 is 0 Å². The van der Waals surface area contributed by atoms with Gasteiger partial charge in [-0.1, -0.05) is 31.2 Å². The van der Waals surface area contributed by atoms with Gasteiger partial charge in [-0.15, -0.1) is 5.10 Å². The molecule has 2 aromatic rings. The molecule has 0 fully saturated rings. The molecule has 0 saturated carbocycles. The van der Waals surface area contributed by atoms with Gasteiger partial charge < -0.3 is 0 Å². The van der Waals surface area contributed by atoms with Crippen LogP contribution in [0.2, 0.25) is 0 Å². The molecule has 4 heteroatoms. The van der Waals surface area contributed by atoms with Crippen molar-refractivity contribution in [3.8, 4) is 5.69 Å². The minimum absolute atomic E-state index is 0.0729. The number of benzene rings is 1. The molecule has 1 heterocycles. The molecule has 0 spiro atoms. The van der Waals surface area contributed by atoms with Crippen LogP contribution in [-0.2, 0) is 0 Å². The highest BCUT2D eigenvalue weighted by atomic mass is 16.1. The van der Waals surface area contributed by atoms with Gasteiger partial charge in [0.15, 0.2) is 5.78 Å². The molecule has 0 aliphatic rings. The highest BCUT2D eigenvalue weighted by Crippen LogP contribution is 2.17. The van der Waals surface area contributed by atoms with E-state index in [1.165, 1.54) is 12.5 Å². The summed E-state index contributed by atoms with van der Waals surface area (Å²) < 4.78 is 1.63. The predicted molar refractivity (Wildman–Crippen MR) is 65.5 cm³/mol. The Hall–Kier alpha value is -1.97. The van der Waals surface area contributed by atoms with Crippen LogP contribution in [0.1, 0.15) is 42.7 Å². The summed E-state index contributed by atoms with van der Waals surface area (Å²) in [6.45, 7) is 5.77. The van der Waals surface area contributed by atoms with Crippen molar-refractivity contribution in [1.82, 2.24) is 15.0 Å². The van der Waals surface area contributed by atoms with Gasteiger partial charge in [-0.05, 0) is 23.6 Å². The molecular weight excluding hydrogens is 214 g/mol. The van der Waals surface area contributed by atoms with Gasteiger partial charge in [-0.2, -0.15) is 0 Å². The molecule has 0 amide bonds. The van der Waals surface area contributed by atoms with E-state index in [0.717, 1.165) is 5.69 Å². The second-order valence-corrected chi connectivity index (χ2v) is 4.35. The van der Waals surface area contributed by atoms with Crippen molar-refractivity contribution < 1.29 is 4.79 Å². The van der Waals surface area contributed by atoms with Gasteiger partial charge >= 0.3 is 0 Å².